The molecule has 0 saturated carbocycles. The molecule has 0 bridgehead atoms. The van der Waals surface area contributed by atoms with Crippen molar-refractivity contribution in [3.8, 4) is 0 Å². The van der Waals surface area contributed by atoms with Gasteiger partial charge < -0.3 is 29.6 Å². The first-order valence-electron chi connectivity index (χ1n) is 10.5. The fourth-order valence-corrected chi connectivity index (χ4v) is 3.19. The van der Waals surface area contributed by atoms with Gasteiger partial charge in [0.2, 0.25) is 0 Å². The Morgan fingerprint density at radius 2 is 1.91 bits per heavy atom. The lowest BCUT2D eigenvalue weighted by molar-refractivity contribution is -0.141. The second-order valence-electron chi connectivity index (χ2n) is 7.91. The number of esters is 1. The summed E-state index contributed by atoms with van der Waals surface area (Å²) in [5.74, 6) is -0.164. The van der Waals surface area contributed by atoms with E-state index in [4.69, 9.17) is 9.15 Å². The van der Waals surface area contributed by atoms with E-state index >= 15 is 0 Å². The second-order valence-corrected chi connectivity index (χ2v) is 7.91. The molecular formula is C23H32N4O5. The summed E-state index contributed by atoms with van der Waals surface area (Å²) in [4.78, 5) is 40.3. The van der Waals surface area contributed by atoms with Crippen LogP contribution in [0, 0.1) is 5.92 Å². The Balaban J connectivity index is 2.21. The monoisotopic (exact) mass is 444 g/mol. The number of carbonyl (C=O) groups excluding carboxylic acids is 3. The van der Waals surface area contributed by atoms with Gasteiger partial charge in [0, 0.05) is 38.6 Å². The summed E-state index contributed by atoms with van der Waals surface area (Å²) in [5, 5.41) is 5.18. The molecule has 3 amide bonds. The standard InChI is InChI=1S/C23H32N4O5/c1-6-31-21(28)13-24-23(30)25-18-9-10-19(26(4)5)17(12-18)15-27(14-16(2)3)22(29)20-8-7-11-32-20/h7-12,16H,6,13-15H2,1-5H3,(H2,24,25,30). The summed E-state index contributed by atoms with van der Waals surface area (Å²) in [7, 11) is 3.83. The number of nitrogens with one attached hydrogen (secondary N) is 2. The highest BCUT2D eigenvalue weighted by Gasteiger charge is 2.21. The van der Waals surface area contributed by atoms with E-state index in [-0.39, 0.29) is 30.7 Å². The molecule has 0 fully saturated rings. The third kappa shape index (κ3) is 7.33. The van der Waals surface area contributed by atoms with Gasteiger partial charge in [0.15, 0.2) is 5.76 Å². The maximum atomic E-state index is 13.0. The Morgan fingerprint density at radius 3 is 2.50 bits per heavy atom. The number of hydrogen-bond donors (Lipinski definition) is 2. The summed E-state index contributed by atoms with van der Waals surface area (Å²) < 4.78 is 10.1. The molecule has 0 spiro atoms. The van der Waals surface area contributed by atoms with Crippen molar-refractivity contribution in [1.82, 2.24) is 10.2 Å². The molecule has 2 N–H and O–H groups in total. The molecule has 174 valence electrons. The first-order valence-corrected chi connectivity index (χ1v) is 10.5. The Hall–Kier alpha value is -3.49. The van der Waals surface area contributed by atoms with Crippen LogP contribution in [0.25, 0.3) is 0 Å². The lowest BCUT2D eigenvalue weighted by Gasteiger charge is -2.27. The van der Waals surface area contributed by atoms with Gasteiger partial charge in [-0.2, -0.15) is 0 Å². The summed E-state index contributed by atoms with van der Waals surface area (Å²) in [6.45, 7) is 6.70. The van der Waals surface area contributed by atoms with Crippen molar-refractivity contribution < 1.29 is 23.5 Å². The molecule has 0 atom stereocenters. The topological polar surface area (TPSA) is 104 Å². The Kier molecular flexibility index (Phi) is 9.12. The minimum Gasteiger partial charge on any atom is -0.465 e. The molecule has 0 aliphatic rings. The molecule has 0 unspecified atom stereocenters. The lowest BCUT2D eigenvalue weighted by Crippen LogP contribution is -2.35. The number of rotatable bonds is 10. The largest absolute Gasteiger partial charge is 0.465 e. The van der Waals surface area contributed by atoms with Crippen LogP contribution < -0.4 is 15.5 Å². The van der Waals surface area contributed by atoms with Crippen molar-refractivity contribution in [3.63, 3.8) is 0 Å². The number of amides is 3. The smallest absolute Gasteiger partial charge is 0.325 e. The minimum absolute atomic E-state index is 0.195. The van der Waals surface area contributed by atoms with Crippen LogP contribution in [0.1, 0.15) is 36.9 Å². The van der Waals surface area contributed by atoms with Gasteiger partial charge in [-0.15, -0.1) is 0 Å². The normalized spacial score (nSPS) is 10.6. The molecule has 0 aliphatic carbocycles. The highest BCUT2D eigenvalue weighted by Crippen LogP contribution is 2.25. The van der Waals surface area contributed by atoms with Gasteiger partial charge in [0.1, 0.15) is 6.54 Å². The summed E-state index contributed by atoms with van der Waals surface area (Å²) >= 11 is 0. The van der Waals surface area contributed by atoms with Crippen molar-refractivity contribution >= 4 is 29.3 Å². The van der Waals surface area contributed by atoms with Gasteiger partial charge >= 0.3 is 12.0 Å². The van der Waals surface area contributed by atoms with Crippen molar-refractivity contribution in [3.05, 3.63) is 47.9 Å². The van der Waals surface area contributed by atoms with E-state index < -0.39 is 12.0 Å². The molecule has 0 aliphatic heterocycles. The molecule has 9 nitrogen and oxygen atoms in total. The van der Waals surface area contributed by atoms with Crippen LogP contribution >= 0.6 is 0 Å². The van der Waals surface area contributed by atoms with Crippen LogP contribution in [0.15, 0.2) is 41.0 Å². The molecule has 2 rings (SSSR count). The van der Waals surface area contributed by atoms with Gasteiger partial charge in [-0.3, -0.25) is 9.59 Å². The van der Waals surface area contributed by atoms with Crippen LogP contribution in [0.2, 0.25) is 0 Å². The third-order valence-electron chi connectivity index (χ3n) is 4.48. The van der Waals surface area contributed by atoms with Crippen molar-refractivity contribution in [1.29, 1.82) is 0 Å². The number of anilines is 2. The number of ether oxygens (including phenoxy) is 1. The van der Waals surface area contributed by atoms with E-state index in [2.05, 4.69) is 10.6 Å². The van der Waals surface area contributed by atoms with Gasteiger partial charge in [-0.1, -0.05) is 13.8 Å². The fourth-order valence-electron chi connectivity index (χ4n) is 3.19. The molecule has 2 aromatic rings. The second kappa shape index (κ2) is 11.8. The molecule has 32 heavy (non-hydrogen) atoms. The summed E-state index contributed by atoms with van der Waals surface area (Å²) in [6, 6.07) is 8.28. The Bertz CT molecular complexity index is 909. The molecule has 1 heterocycles. The predicted octanol–water partition coefficient (Wildman–Crippen LogP) is 3.33. The van der Waals surface area contributed by atoms with Gasteiger partial charge in [-0.25, -0.2) is 4.79 Å². The highest BCUT2D eigenvalue weighted by molar-refractivity contribution is 5.92. The van der Waals surface area contributed by atoms with Gasteiger partial charge in [0.05, 0.1) is 12.9 Å². The maximum absolute atomic E-state index is 13.0. The quantitative estimate of drug-likeness (QED) is 0.545. The third-order valence-corrected chi connectivity index (χ3v) is 4.48. The average molecular weight is 445 g/mol. The van der Waals surface area contributed by atoms with Crippen LogP contribution in [0.5, 0.6) is 0 Å². The maximum Gasteiger partial charge on any atom is 0.325 e. The first-order chi connectivity index (χ1) is 15.2. The van der Waals surface area contributed by atoms with Gasteiger partial charge in [-0.05, 0) is 48.7 Å². The minimum atomic E-state index is -0.521. The zero-order chi connectivity index (χ0) is 23.7. The Labute approximate surface area is 188 Å². The number of nitrogens with zero attached hydrogens (tertiary/aromatic N) is 2. The molecule has 9 heteroatoms. The van der Waals surface area contributed by atoms with Crippen LogP contribution in [-0.2, 0) is 16.1 Å². The van der Waals surface area contributed by atoms with E-state index in [9.17, 15) is 14.4 Å². The molecular weight excluding hydrogens is 412 g/mol. The number of benzene rings is 1. The summed E-state index contributed by atoms with van der Waals surface area (Å²) in [5.41, 5.74) is 2.32. The predicted molar refractivity (Wildman–Crippen MR) is 123 cm³/mol. The number of furan rings is 1. The molecule has 1 aromatic carbocycles. The molecule has 1 aromatic heterocycles. The molecule has 0 radical (unpaired) electrons. The van der Waals surface area contributed by atoms with Crippen molar-refractivity contribution in [2.24, 2.45) is 5.92 Å². The Morgan fingerprint density at radius 1 is 1.16 bits per heavy atom. The number of carbonyl (C=O) groups is 3. The lowest BCUT2D eigenvalue weighted by atomic mass is 10.1. The highest BCUT2D eigenvalue weighted by atomic mass is 16.5. The van der Waals surface area contributed by atoms with Crippen LogP contribution in [0.3, 0.4) is 0 Å². The zero-order valence-corrected chi connectivity index (χ0v) is 19.3. The van der Waals surface area contributed by atoms with E-state index in [1.54, 1.807) is 30.0 Å². The number of hydrogen-bond acceptors (Lipinski definition) is 6. The average Bonchev–Trinajstić information content (AvgIpc) is 3.26. The number of urea groups is 1. The van der Waals surface area contributed by atoms with Crippen LogP contribution in [0.4, 0.5) is 16.2 Å². The van der Waals surface area contributed by atoms with Crippen molar-refractivity contribution in [2.45, 2.75) is 27.3 Å². The SMILES string of the molecule is CCOC(=O)CNC(=O)Nc1ccc(N(C)C)c(CN(CC(C)C)C(=O)c2ccco2)c1. The van der Waals surface area contributed by atoms with E-state index in [1.807, 2.05) is 45.0 Å². The van der Waals surface area contributed by atoms with Crippen molar-refractivity contribution in [2.75, 3.05) is 44.0 Å². The fraction of sp³-hybridized carbons (Fsp3) is 0.435. The first kappa shape index (κ1) is 24.8. The summed E-state index contributed by atoms with van der Waals surface area (Å²) in [6.07, 6.45) is 1.48. The van der Waals surface area contributed by atoms with E-state index in [0.29, 0.717) is 18.8 Å². The van der Waals surface area contributed by atoms with Crippen LogP contribution in [-0.4, -0.2) is 56.6 Å². The van der Waals surface area contributed by atoms with E-state index in [0.717, 1.165) is 11.3 Å². The molecule has 0 saturated heterocycles. The van der Waals surface area contributed by atoms with Gasteiger partial charge in [0.25, 0.3) is 5.91 Å². The van der Waals surface area contributed by atoms with E-state index in [1.165, 1.54) is 6.26 Å². The zero-order valence-electron chi connectivity index (χ0n) is 19.3.